The first kappa shape index (κ1) is 16.5. The Morgan fingerprint density at radius 1 is 1.18 bits per heavy atom. The van der Waals surface area contributed by atoms with E-state index in [1.807, 2.05) is 41.5 Å². The lowest BCUT2D eigenvalue weighted by molar-refractivity contribution is 0.0707. The van der Waals surface area contributed by atoms with E-state index in [2.05, 4.69) is 32.7 Å². The Kier molecular flexibility index (Phi) is 4.89. The topological polar surface area (TPSA) is 37.6 Å². The van der Waals surface area contributed by atoms with Crippen LogP contribution in [0.25, 0.3) is 5.65 Å². The zero-order valence-electron chi connectivity index (χ0n) is 14.6. The summed E-state index contributed by atoms with van der Waals surface area (Å²) < 4.78 is 1.92. The second kappa shape index (κ2) is 6.51. The van der Waals surface area contributed by atoms with Crippen LogP contribution < -0.4 is 0 Å². The molecular weight excluding hydrogens is 274 g/mol. The molecule has 0 aromatic carbocycles. The van der Waals surface area contributed by atoms with E-state index >= 15 is 0 Å². The summed E-state index contributed by atoms with van der Waals surface area (Å²) >= 11 is 0. The van der Waals surface area contributed by atoms with Gasteiger partial charge < -0.3 is 4.90 Å². The van der Waals surface area contributed by atoms with E-state index in [1.54, 1.807) is 0 Å². The summed E-state index contributed by atoms with van der Waals surface area (Å²) in [5, 5.41) is 0. The molecule has 4 heteroatoms. The van der Waals surface area contributed by atoms with E-state index in [4.69, 9.17) is 0 Å². The normalized spacial score (nSPS) is 11.6. The molecule has 0 fully saturated rings. The van der Waals surface area contributed by atoms with Gasteiger partial charge >= 0.3 is 0 Å². The summed E-state index contributed by atoms with van der Waals surface area (Å²) in [6, 6.07) is 4.03. The molecular formula is C18H27N3O. The Bertz CT molecular complexity index is 660. The predicted octanol–water partition coefficient (Wildman–Crippen LogP) is 3.71. The summed E-state index contributed by atoms with van der Waals surface area (Å²) in [6.45, 7) is 14.1. The number of imidazole rings is 1. The molecule has 2 aromatic rings. The molecule has 2 aromatic heterocycles. The maximum Gasteiger partial charge on any atom is 0.272 e. The van der Waals surface area contributed by atoms with Crippen LogP contribution in [0.3, 0.4) is 0 Å². The number of aromatic nitrogens is 2. The number of hydrogen-bond donors (Lipinski definition) is 0. The van der Waals surface area contributed by atoms with Gasteiger partial charge in [0.1, 0.15) is 11.3 Å². The van der Waals surface area contributed by atoms with E-state index in [-0.39, 0.29) is 5.91 Å². The zero-order valence-corrected chi connectivity index (χ0v) is 14.6. The van der Waals surface area contributed by atoms with Gasteiger partial charge in [-0.2, -0.15) is 0 Å². The summed E-state index contributed by atoms with van der Waals surface area (Å²) in [5.74, 6) is 0.977. The molecule has 0 aliphatic heterocycles. The largest absolute Gasteiger partial charge is 0.337 e. The molecule has 0 unspecified atom stereocenters. The van der Waals surface area contributed by atoms with E-state index < -0.39 is 0 Å². The Morgan fingerprint density at radius 2 is 1.77 bits per heavy atom. The predicted molar refractivity (Wildman–Crippen MR) is 90.2 cm³/mol. The maximum atomic E-state index is 13.1. The number of carbonyl (C=O) groups excluding carboxylic acids is 1. The summed E-state index contributed by atoms with van der Waals surface area (Å²) in [4.78, 5) is 19.6. The highest BCUT2D eigenvalue weighted by Gasteiger charge is 2.23. The van der Waals surface area contributed by atoms with Gasteiger partial charge in [-0.05, 0) is 43.4 Å². The van der Waals surface area contributed by atoms with Crippen LogP contribution in [0.15, 0.2) is 18.3 Å². The van der Waals surface area contributed by atoms with Gasteiger partial charge in [0, 0.05) is 19.3 Å². The molecule has 2 heterocycles. The molecule has 1 amide bonds. The molecule has 0 aliphatic rings. The number of nitrogens with zero attached hydrogens (tertiary/aromatic N) is 3. The first-order chi connectivity index (χ1) is 10.3. The van der Waals surface area contributed by atoms with Gasteiger partial charge in [0.25, 0.3) is 5.91 Å². The fraction of sp³-hybridized carbons (Fsp3) is 0.556. The average Bonchev–Trinajstić information content (AvgIpc) is 2.71. The van der Waals surface area contributed by atoms with Gasteiger partial charge in [0.2, 0.25) is 0 Å². The lowest BCUT2D eigenvalue weighted by Gasteiger charge is -2.26. The molecule has 0 N–H and O–H groups in total. The quantitative estimate of drug-likeness (QED) is 0.844. The fourth-order valence-corrected chi connectivity index (χ4v) is 2.79. The van der Waals surface area contributed by atoms with Crippen LogP contribution >= 0.6 is 0 Å². The van der Waals surface area contributed by atoms with Gasteiger partial charge in [-0.25, -0.2) is 4.98 Å². The van der Waals surface area contributed by atoms with Crippen molar-refractivity contribution in [3.8, 4) is 0 Å². The van der Waals surface area contributed by atoms with Crippen LogP contribution in [0.5, 0.6) is 0 Å². The van der Waals surface area contributed by atoms with Gasteiger partial charge in [-0.3, -0.25) is 9.20 Å². The van der Waals surface area contributed by atoms with Crippen molar-refractivity contribution in [3.05, 3.63) is 35.3 Å². The lowest BCUT2D eigenvalue weighted by Crippen LogP contribution is -2.37. The third-order valence-corrected chi connectivity index (χ3v) is 3.62. The van der Waals surface area contributed by atoms with Crippen molar-refractivity contribution in [1.82, 2.24) is 14.3 Å². The minimum atomic E-state index is 0.0799. The Balaban J connectivity index is 2.43. The molecule has 0 saturated heterocycles. The first-order valence-electron chi connectivity index (χ1n) is 8.04. The highest BCUT2D eigenvalue weighted by molar-refractivity contribution is 5.94. The van der Waals surface area contributed by atoms with Crippen molar-refractivity contribution in [2.45, 2.75) is 41.5 Å². The highest BCUT2D eigenvalue weighted by atomic mass is 16.2. The molecule has 0 bridgehead atoms. The second-order valence-corrected chi connectivity index (χ2v) is 6.98. The molecule has 2 rings (SSSR count). The number of rotatable bonds is 5. The Hall–Kier alpha value is -1.84. The van der Waals surface area contributed by atoms with Gasteiger partial charge in [0.15, 0.2) is 0 Å². The number of carbonyl (C=O) groups is 1. The van der Waals surface area contributed by atoms with Crippen molar-refractivity contribution in [3.63, 3.8) is 0 Å². The number of amides is 1. The maximum absolute atomic E-state index is 13.1. The van der Waals surface area contributed by atoms with Crippen molar-refractivity contribution >= 4 is 11.6 Å². The van der Waals surface area contributed by atoms with Crippen LogP contribution in [-0.2, 0) is 0 Å². The molecule has 0 atom stereocenters. The minimum Gasteiger partial charge on any atom is -0.337 e. The summed E-state index contributed by atoms with van der Waals surface area (Å²) in [6.07, 6.45) is 1.95. The van der Waals surface area contributed by atoms with Crippen LogP contribution in [0, 0.1) is 25.7 Å². The van der Waals surface area contributed by atoms with Crippen molar-refractivity contribution in [1.29, 1.82) is 0 Å². The third-order valence-electron chi connectivity index (χ3n) is 3.62. The van der Waals surface area contributed by atoms with E-state index in [0.29, 0.717) is 17.5 Å². The number of aryl methyl sites for hydroxylation is 2. The highest BCUT2D eigenvalue weighted by Crippen LogP contribution is 2.17. The van der Waals surface area contributed by atoms with Crippen molar-refractivity contribution < 1.29 is 4.79 Å². The SMILES string of the molecule is Cc1ccn2c(C(=O)N(CC(C)C)CC(C)C)c(C)nc2c1. The van der Waals surface area contributed by atoms with E-state index in [1.165, 1.54) is 0 Å². The summed E-state index contributed by atoms with van der Waals surface area (Å²) in [7, 11) is 0. The number of hydrogen-bond acceptors (Lipinski definition) is 2. The Labute approximate surface area is 133 Å². The van der Waals surface area contributed by atoms with Crippen LogP contribution in [-0.4, -0.2) is 33.3 Å². The fourth-order valence-electron chi connectivity index (χ4n) is 2.79. The van der Waals surface area contributed by atoms with Crippen molar-refractivity contribution in [2.75, 3.05) is 13.1 Å². The monoisotopic (exact) mass is 301 g/mol. The standard InChI is InChI=1S/C18H27N3O/c1-12(2)10-20(11-13(3)4)18(22)17-15(6)19-16-9-14(5)7-8-21(16)17/h7-9,12-13H,10-11H2,1-6H3. The molecule has 22 heavy (non-hydrogen) atoms. The molecule has 120 valence electrons. The van der Waals surface area contributed by atoms with Gasteiger partial charge in [0.05, 0.1) is 5.69 Å². The van der Waals surface area contributed by atoms with Crippen molar-refractivity contribution in [2.24, 2.45) is 11.8 Å². The number of fused-ring (bicyclic) bond motifs is 1. The summed E-state index contributed by atoms with van der Waals surface area (Å²) in [5.41, 5.74) is 3.48. The van der Waals surface area contributed by atoms with Crippen LogP contribution in [0.1, 0.15) is 49.4 Å². The first-order valence-corrected chi connectivity index (χ1v) is 8.04. The molecule has 0 aliphatic carbocycles. The third kappa shape index (κ3) is 3.49. The minimum absolute atomic E-state index is 0.0799. The average molecular weight is 301 g/mol. The smallest absolute Gasteiger partial charge is 0.272 e. The molecule has 0 saturated carbocycles. The van der Waals surface area contributed by atoms with E-state index in [9.17, 15) is 4.79 Å². The van der Waals surface area contributed by atoms with Crippen LogP contribution in [0.2, 0.25) is 0 Å². The Morgan fingerprint density at radius 3 is 2.32 bits per heavy atom. The number of pyridine rings is 1. The lowest BCUT2D eigenvalue weighted by atomic mass is 10.1. The molecule has 0 radical (unpaired) electrons. The van der Waals surface area contributed by atoms with Crippen LogP contribution in [0.4, 0.5) is 0 Å². The molecule has 0 spiro atoms. The van der Waals surface area contributed by atoms with Gasteiger partial charge in [-0.1, -0.05) is 27.7 Å². The van der Waals surface area contributed by atoms with E-state index in [0.717, 1.165) is 30.0 Å². The zero-order chi connectivity index (χ0) is 16.4. The molecule has 4 nitrogen and oxygen atoms in total. The second-order valence-electron chi connectivity index (χ2n) is 6.98. The van der Waals surface area contributed by atoms with Gasteiger partial charge in [-0.15, -0.1) is 0 Å².